The number of aryl methyl sites for hydroxylation is 1. The Hall–Kier alpha value is -2.70. The highest BCUT2D eigenvalue weighted by molar-refractivity contribution is 7.14. The van der Waals surface area contributed by atoms with Gasteiger partial charge >= 0.3 is 0 Å². The predicted octanol–water partition coefficient (Wildman–Crippen LogP) is 4.53. The van der Waals surface area contributed by atoms with E-state index >= 15 is 0 Å². The standard InChI is InChI=1S/C20H16ClN3O2S/c21-15-4-2-1-3-12(15)10-19(26)24-20-23-17(11-27-20)14-5-7-16-13(9-14)6-8-18(25)22-16/h1-5,7,9,11H,6,8,10H2,(H,22,25)(H,23,24,26). The quantitative estimate of drug-likeness (QED) is 0.679. The molecule has 136 valence electrons. The van der Waals surface area contributed by atoms with Crippen LogP contribution in [-0.2, 0) is 22.4 Å². The fraction of sp³-hybridized carbons (Fsp3) is 0.150. The van der Waals surface area contributed by atoms with Gasteiger partial charge in [0.2, 0.25) is 11.8 Å². The Balaban J connectivity index is 1.46. The van der Waals surface area contributed by atoms with E-state index in [0.717, 1.165) is 34.5 Å². The number of carbonyl (C=O) groups is 2. The monoisotopic (exact) mass is 397 g/mol. The Labute approximate surface area is 165 Å². The predicted molar refractivity (Wildman–Crippen MR) is 108 cm³/mol. The summed E-state index contributed by atoms with van der Waals surface area (Å²) in [5.74, 6) is -0.107. The van der Waals surface area contributed by atoms with Crippen LogP contribution in [-0.4, -0.2) is 16.8 Å². The van der Waals surface area contributed by atoms with Gasteiger partial charge in [0.05, 0.1) is 12.1 Å². The highest BCUT2D eigenvalue weighted by Crippen LogP contribution is 2.30. The molecule has 0 fully saturated rings. The van der Waals surface area contributed by atoms with Gasteiger partial charge in [-0.15, -0.1) is 11.3 Å². The van der Waals surface area contributed by atoms with Gasteiger partial charge in [-0.3, -0.25) is 9.59 Å². The molecule has 2 N–H and O–H groups in total. The minimum Gasteiger partial charge on any atom is -0.326 e. The van der Waals surface area contributed by atoms with Crippen molar-refractivity contribution >= 4 is 45.6 Å². The first kappa shape index (κ1) is 17.7. The average Bonchev–Trinajstić information content (AvgIpc) is 3.11. The molecule has 7 heteroatoms. The molecule has 0 saturated carbocycles. The fourth-order valence-electron chi connectivity index (χ4n) is 2.98. The third-order valence-corrected chi connectivity index (χ3v) is 5.48. The molecule has 0 unspecified atom stereocenters. The van der Waals surface area contributed by atoms with E-state index in [9.17, 15) is 9.59 Å². The van der Waals surface area contributed by atoms with Gasteiger partial charge in [0.25, 0.3) is 0 Å². The zero-order valence-corrected chi connectivity index (χ0v) is 15.9. The average molecular weight is 398 g/mol. The molecule has 2 heterocycles. The second-order valence-electron chi connectivity index (χ2n) is 6.27. The summed E-state index contributed by atoms with van der Waals surface area (Å²) in [5, 5.41) is 8.74. The second-order valence-corrected chi connectivity index (χ2v) is 7.54. The van der Waals surface area contributed by atoms with Crippen molar-refractivity contribution in [1.29, 1.82) is 0 Å². The van der Waals surface area contributed by atoms with E-state index in [-0.39, 0.29) is 18.2 Å². The van der Waals surface area contributed by atoms with Gasteiger partial charge in [-0.1, -0.05) is 35.9 Å². The Morgan fingerprint density at radius 3 is 2.93 bits per heavy atom. The zero-order valence-electron chi connectivity index (χ0n) is 14.3. The van der Waals surface area contributed by atoms with E-state index in [2.05, 4.69) is 15.6 Å². The number of fused-ring (bicyclic) bond motifs is 1. The van der Waals surface area contributed by atoms with Crippen LogP contribution in [0.4, 0.5) is 10.8 Å². The highest BCUT2D eigenvalue weighted by atomic mass is 35.5. The molecule has 0 radical (unpaired) electrons. The summed E-state index contributed by atoms with van der Waals surface area (Å²) < 4.78 is 0. The summed E-state index contributed by atoms with van der Waals surface area (Å²) in [6, 6.07) is 13.2. The number of halogens is 1. The second kappa shape index (κ2) is 7.50. The number of carbonyl (C=O) groups excluding carboxylic acids is 2. The molecule has 0 bridgehead atoms. The van der Waals surface area contributed by atoms with E-state index in [1.165, 1.54) is 11.3 Å². The number of thiazole rings is 1. The number of nitrogens with zero attached hydrogens (tertiary/aromatic N) is 1. The van der Waals surface area contributed by atoms with Crippen LogP contribution in [0.3, 0.4) is 0 Å². The first-order valence-corrected chi connectivity index (χ1v) is 9.76. The molecule has 5 nitrogen and oxygen atoms in total. The topological polar surface area (TPSA) is 71.1 Å². The number of hydrogen-bond acceptors (Lipinski definition) is 4. The van der Waals surface area contributed by atoms with E-state index in [4.69, 9.17) is 11.6 Å². The molecular formula is C20H16ClN3O2S. The maximum Gasteiger partial charge on any atom is 0.230 e. The number of benzene rings is 2. The van der Waals surface area contributed by atoms with Gasteiger partial charge in [0.15, 0.2) is 5.13 Å². The minimum atomic E-state index is -0.155. The maximum absolute atomic E-state index is 12.3. The normalized spacial score (nSPS) is 13.0. The van der Waals surface area contributed by atoms with Crippen LogP contribution in [0.25, 0.3) is 11.3 Å². The Bertz CT molecular complexity index is 1030. The van der Waals surface area contributed by atoms with Crippen molar-refractivity contribution in [2.24, 2.45) is 0 Å². The lowest BCUT2D eigenvalue weighted by atomic mass is 9.99. The van der Waals surface area contributed by atoms with Gasteiger partial charge in [0.1, 0.15) is 0 Å². The molecule has 1 aliphatic rings. The number of nitrogens with one attached hydrogen (secondary N) is 2. The minimum absolute atomic E-state index is 0.0485. The summed E-state index contributed by atoms with van der Waals surface area (Å²) in [5.41, 5.74) is 4.51. The van der Waals surface area contributed by atoms with Gasteiger partial charge in [-0.25, -0.2) is 4.98 Å². The van der Waals surface area contributed by atoms with Crippen LogP contribution in [0, 0.1) is 0 Å². The molecule has 1 aromatic heterocycles. The zero-order chi connectivity index (χ0) is 18.8. The van der Waals surface area contributed by atoms with Crippen molar-refractivity contribution in [3.05, 3.63) is 64.0 Å². The van der Waals surface area contributed by atoms with Crippen LogP contribution in [0.5, 0.6) is 0 Å². The molecular weight excluding hydrogens is 382 g/mol. The van der Waals surface area contributed by atoms with E-state index in [1.54, 1.807) is 6.07 Å². The number of hydrogen-bond donors (Lipinski definition) is 2. The number of rotatable bonds is 4. The van der Waals surface area contributed by atoms with Crippen LogP contribution in [0.2, 0.25) is 5.02 Å². The molecule has 0 spiro atoms. The van der Waals surface area contributed by atoms with Crippen molar-refractivity contribution in [3.63, 3.8) is 0 Å². The van der Waals surface area contributed by atoms with Gasteiger partial charge < -0.3 is 10.6 Å². The third kappa shape index (κ3) is 4.02. The molecule has 2 amide bonds. The van der Waals surface area contributed by atoms with Gasteiger partial charge in [0, 0.05) is 28.1 Å². The van der Waals surface area contributed by atoms with E-state index < -0.39 is 0 Å². The smallest absolute Gasteiger partial charge is 0.230 e. The molecule has 0 atom stereocenters. The molecule has 4 rings (SSSR count). The third-order valence-electron chi connectivity index (χ3n) is 4.36. The summed E-state index contributed by atoms with van der Waals surface area (Å²) >= 11 is 7.48. The van der Waals surface area contributed by atoms with Crippen molar-refractivity contribution in [2.45, 2.75) is 19.3 Å². The van der Waals surface area contributed by atoms with Crippen LogP contribution < -0.4 is 10.6 Å². The number of anilines is 2. The van der Waals surface area contributed by atoms with Gasteiger partial charge in [-0.05, 0) is 35.7 Å². The highest BCUT2D eigenvalue weighted by Gasteiger charge is 2.16. The Morgan fingerprint density at radius 1 is 1.22 bits per heavy atom. The first-order valence-electron chi connectivity index (χ1n) is 8.50. The van der Waals surface area contributed by atoms with Crippen LogP contribution >= 0.6 is 22.9 Å². The molecule has 0 aliphatic carbocycles. The summed E-state index contributed by atoms with van der Waals surface area (Å²) in [6.07, 6.45) is 1.42. The molecule has 1 aliphatic heterocycles. The SMILES string of the molecule is O=C(Cc1ccccc1Cl)Nc1nc(-c2ccc3c(c2)CCC(=O)N3)cs1. The largest absolute Gasteiger partial charge is 0.326 e. The van der Waals surface area contributed by atoms with Crippen molar-refractivity contribution in [3.8, 4) is 11.3 Å². The summed E-state index contributed by atoms with van der Waals surface area (Å²) in [7, 11) is 0. The van der Waals surface area contributed by atoms with Crippen LogP contribution in [0.1, 0.15) is 17.5 Å². The van der Waals surface area contributed by atoms with Crippen molar-refractivity contribution in [1.82, 2.24) is 4.98 Å². The fourth-order valence-corrected chi connectivity index (χ4v) is 3.92. The summed E-state index contributed by atoms with van der Waals surface area (Å²) in [6.45, 7) is 0. The Morgan fingerprint density at radius 2 is 2.07 bits per heavy atom. The van der Waals surface area contributed by atoms with Gasteiger partial charge in [-0.2, -0.15) is 0 Å². The lowest BCUT2D eigenvalue weighted by Crippen LogP contribution is -2.18. The molecule has 27 heavy (non-hydrogen) atoms. The molecule has 2 aromatic carbocycles. The lowest BCUT2D eigenvalue weighted by Gasteiger charge is -2.17. The number of aromatic nitrogens is 1. The lowest BCUT2D eigenvalue weighted by molar-refractivity contribution is -0.116. The Kier molecular flexibility index (Phi) is 4.92. The molecule has 3 aromatic rings. The van der Waals surface area contributed by atoms with Crippen molar-refractivity contribution in [2.75, 3.05) is 10.6 Å². The summed E-state index contributed by atoms with van der Waals surface area (Å²) in [4.78, 5) is 28.2. The molecule has 0 saturated heterocycles. The van der Waals surface area contributed by atoms with E-state index in [0.29, 0.717) is 16.6 Å². The van der Waals surface area contributed by atoms with Crippen molar-refractivity contribution < 1.29 is 9.59 Å². The van der Waals surface area contributed by atoms with E-state index in [1.807, 2.05) is 41.8 Å². The van der Waals surface area contributed by atoms with Crippen LogP contribution in [0.15, 0.2) is 47.8 Å². The maximum atomic E-state index is 12.3. The first-order chi connectivity index (χ1) is 13.1. The number of amides is 2.